The third-order valence-electron chi connectivity index (χ3n) is 4.05. The predicted octanol–water partition coefficient (Wildman–Crippen LogP) is 1.65. The van der Waals surface area contributed by atoms with E-state index in [0.717, 1.165) is 25.1 Å². The van der Waals surface area contributed by atoms with Crippen LogP contribution in [0.4, 0.5) is 5.95 Å². The van der Waals surface area contributed by atoms with Crippen LogP contribution >= 0.6 is 0 Å². The van der Waals surface area contributed by atoms with Crippen molar-refractivity contribution in [3.05, 3.63) is 42.7 Å². The van der Waals surface area contributed by atoms with Crippen molar-refractivity contribution >= 4 is 11.9 Å². The molecule has 1 atom stereocenters. The first-order valence-electron chi connectivity index (χ1n) is 8.33. The summed E-state index contributed by atoms with van der Waals surface area (Å²) in [6.45, 7) is 1.60. The molecule has 1 saturated heterocycles. The van der Waals surface area contributed by atoms with Gasteiger partial charge in [-0.3, -0.25) is 4.79 Å². The van der Waals surface area contributed by atoms with E-state index in [1.807, 2.05) is 0 Å². The summed E-state index contributed by atoms with van der Waals surface area (Å²) in [6.07, 6.45) is 5.39. The Morgan fingerprint density at radius 3 is 2.68 bits per heavy atom. The number of methoxy groups -OCH3 is 1. The molecule has 0 saturated carbocycles. The number of rotatable bonds is 6. The summed E-state index contributed by atoms with van der Waals surface area (Å²) in [7, 11) is 1.61. The van der Waals surface area contributed by atoms with Crippen LogP contribution in [0, 0.1) is 0 Å². The Hall–Kier alpha value is -2.83. The molecular formula is C18H22N4O3. The molecule has 2 aromatic rings. The Balaban J connectivity index is 1.47. The van der Waals surface area contributed by atoms with E-state index in [1.165, 1.54) is 0 Å². The SMILES string of the molecule is COc1ccc(OCC(=O)NC2CCCN(c3ncccn3)C2)cc1. The van der Waals surface area contributed by atoms with Crippen molar-refractivity contribution in [3.63, 3.8) is 0 Å². The fourth-order valence-electron chi connectivity index (χ4n) is 2.82. The Morgan fingerprint density at radius 2 is 1.96 bits per heavy atom. The second-order valence-electron chi connectivity index (χ2n) is 5.87. The van der Waals surface area contributed by atoms with Gasteiger partial charge in [0.1, 0.15) is 11.5 Å². The van der Waals surface area contributed by atoms with Crippen LogP contribution in [0.3, 0.4) is 0 Å². The van der Waals surface area contributed by atoms with Crippen molar-refractivity contribution in [2.24, 2.45) is 0 Å². The van der Waals surface area contributed by atoms with Gasteiger partial charge in [0, 0.05) is 31.5 Å². The van der Waals surface area contributed by atoms with E-state index < -0.39 is 0 Å². The van der Waals surface area contributed by atoms with Crippen LogP contribution in [0.15, 0.2) is 42.7 Å². The van der Waals surface area contributed by atoms with Gasteiger partial charge in [0.25, 0.3) is 5.91 Å². The molecule has 7 nitrogen and oxygen atoms in total. The highest BCUT2D eigenvalue weighted by Crippen LogP contribution is 2.17. The van der Waals surface area contributed by atoms with E-state index >= 15 is 0 Å². The van der Waals surface area contributed by atoms with Crippen LogP contribution in [0.1, 0.15) is 12.8 Å². The molecule has 3 rings (SSSR count). The third-order valence-corrected chi connectivity index (χ3v) is 4.05. The summed E-state index contributed by atoms with van der Waals surface area (Å²) in [4.78, 5) is 22.8. The number of carbonyl (C=O) groups is 1. The number of benzene rings is 1. The van der Waals surface area contributed by atoms with E-state index in [9.17, 15) is 4.79 Å². The van der Waals surface area contributed by atoms with E-state index in [2.05, 4.69) is 20.2 Å². The van der Waals surface area contributed by atoms with Gasteiger partial charge in [0.05, 0.1) is 7.11 Å². The first kappa shape index (κ1) is 17.0. The molecule has 0 spiro atoms. The monoisotopic (exact) mass is 342 g/mol. The van der Waals surface area contributed by atoms with Crippen LogP contribution < -0.4 is 19.7 Å². The standard InChI is InChI=1S/C18H22N4O3/c1-24-15-5-7-16(8-6-15)25-13-17(23)21-14-4-2-11-22(12-14)18-19-9-3-10-20-18/h3,5-10,14H,2,4,11-13H2,1H3,(H,21,23). The van der Waals surface area contributed by atoms with Gasteiger partial charge >= 0.3 is 0 Å². The topological polar surface area (TPSA) is 76.6 Å². The lowest BCUT2D eigenvalue weighted by Gasteiger charge is -2.33. The Kier molecular flexibility index (Phi) is 5.66. The summed E-state index contributed by atoms with van der Waals surface area (Å²) in [5.74, 6) is 1.97. The maximum Gasteiger partial charge on any atom is 0.258 e. The van der Waals surface area contributed by atoms with Crippen molar-refractivity contribution in [2.45, 2.75) is 18.9 Å². The molecule has 2 heterocycles. The Morgan fingerprint density at radius 1 is 1.24 bits per heavy atom. The predicted molar refractivity (Wildman–Crippen MR) is 93.9 cm³/mol. The highest BCUT2D eigenvalue weighted by atomic mass is 16.5. The molecule has 0 bridgehead atoms. The zero-order valence-electron chi connectivity index (χ0n) is 14.2. The molecule has 25 heavy (non-hydrogen) atoms. The number of hydrogen-bond donors (Lipinski definition) is 1. The fourth-order valence-corrected chi connectivity index (χ4v) is 2.82. The van der Waals surface area contributed by atoms with Gasteiger partial charge in [-0.2, -0.15) is 0 Å². The molecule has 1 aliphatic heterocycles. The summed E-state index contributed by atoms with van der Waals surface area (Å²) in [6, 6.07) is 9.02. The summed E-state index contributed by atoms with van der Waals surface area (Å²) >= 11 is 0. The minimum absolute atomic E-state index is 0.00926. The van der Waals surface area contributed by atoms with Gasteiger partial charge in [-0.1, -0.05) is 0 Å². The van der Waals surface area contributed by atoms with Gasteiger partial charge in [0.2, 0.25) is 5.95 Å². The number of amides is 1. The molecule has 1 amide bonds. The average molecular weight is 342 g/mol. The molecule has 1 aliphatic rings. The quantitative estimate of drug-likeness (QED) is 0.860. The molecule has 0 radical (unpaired) electrons. The van der Waals surface area contributed by atoms with Gasteiger partial charge < -0.3 is 19.7 Å². The first-order chi connectivity index (χ1) is 12.2. The summed E-state index contributed by atoms with van der Waals surface area (Å²) in [5.41, 5.74) is 0. The number of nitrogens with one attached hydrogen (secondary N) is 1. The Bertz CT molecular complexity index is 678. The average Bonchev–Trinajstić information content (AvgIpc) is 2.68. The molecule has 7 heteroatoms. The number of piperidine rings is 1. The number of aromatic nitrogens is 2. The number of nitrogens with zero attached hydrogens (tertiary/aromatic N) is 3. The smallest absolute Gasteiger partial charge is 0.258 e. The largest absolute Gasteiger partial charge is 0.497 e. The lowest BCUT2D eigenvalue weighted by Crippen LogP contribution is -2.49. The minimum Gasteiger partial charge on any atom is -0.497 e. The molecule has 1 unspecified atom stereocenters. The molecule has 0 aliphatic carbocycles. The summed E-state index contributed by atoms with van der Waals surface area (Å²) in [5, 5.41) is 3.03. The second kappa shape index (κ2) is 8.32. The van der Waals surface area contributed by atoms with Crippen LogP contribution in [0.25, 0.3) is 0 Å². The minimum atomic E-state index is -0.128. The van der Waals surface area contributed by atoms with Crippen molar-refractivity contribution < 1.29 is 14.3 Å². The maximum absolute atomic E-state index is 12.1. The number of ether oxygens (including phenoxy) is 2. The van der Waals surface area contributed by atoms with Crippen molar-refractivity contribution in [3.8, 4) is 11.5 Å². The molecule has 1 N–H and O–H groups in total. The highest BCUT2D eigenvalue weighted by molar-refractivity contribution is 5.78. The maximum atomic E-state index is 12.1. The van der Waals surface area contributed by atoms with Crippen molar-refractivity contribution in [2.75, 3.05) is 31.7 Å². The van der Waals surface area contributed by atoms with Crippen LogP contribution in [-0.4, -0.2) is 48.7 Å². The Labute approximate surface area is 147 Å². The van der Waals surface area contributed by atoms with Crippen LogP contribution in [0.2, 0.25) is 0 Å². The zero-order chi connectivity index (χ0) is 17.5. The number of hydrogen-bond acceptors (Lipinski definition) is 6. The molecule has 132 valence electrons. The normalized spacial score (nSPS) is 17.0. The molecular weight excluding hydrogens is 320 g/mol. The van der Waals surface area contributed by atoms with Crippen LogP contribution in [-0.2, 0) is 4.79 Å². The van der Waals surface area contributed by atoms with Gasteiger partial charge in [0.15, 0.2) is 6.61 Å². The van der Waals surface area contributed by atoms with E-state index in [-0.39, 0.29) is 18.6 Å². The molecule has 1 aromatic carbocycles. The zero-order valence-corrected chi connectivity index (χ0v) is 14.2. The van der Waals surface area contributed by atoms with E-state index in [0.29, 0.717) is 18.2 Å². The van der Waals surface area contributed by atoms with Crippen LogP contribution in [0.5, 0.6) is 11.5 Å². The number of carbonyl (C=O) groups excluding carboxylic acids is 1. The van der Waals surface area contributed by atoms with Gasteiger partial charge in [-0.05, 0) is 43.2 Å². The molecule has 1 fully saturated rings. The van der Waals surface area contributed by atoms with Gasteiger partial charge in [-0.15, -0.1) is 0 Å². The van der Waals surface area contributed by atoms with Crippen molar-refractivity contribution in [1.29, 1.82) is 0 Å². The number of anilines is 1. The third kappa shape index (κ3) is 4.82. The highest BCUT2D eigenvalue weighted by Gasteiger charge is 2.23. The van der Waals surface area contributed by atoms with Crippen molar-refractivity contribution in [1.82, 2.24) is 15.3 Å². The second-order valence-corrected chi connectivity index (χ2v) is 5.87. The lowest BCUT2D eigenvalue weighted by molar-refractivity contribution is -0.123. The van der Waals surface area contributed by atoms with E-state index in [4.69, 9.17) is 9.47 Å². The summed E-state index contributed by atoms with van der Waals surface area (Å²) < 4.78 is 10.6. The first-order valence-corrected chi connectivity index (χ1v) is 8.33. The molecule has 1 aromatic heterocycles. The lowest BCUT2D eigenvalue weighted by atomic mass is 10.1. The van der Waals surface area contributed by atoms with E-state index in [1.54, 1.807) is 49.8 Å². The van der Waals surface area contributed by atoms with Gasteiger partial charge in [-0.25, -0.2) is 9.97 Å². The fraction of sp³-hybridized carbons (Fsp3) is 0.389.